The number of carbonyl (C=O) groups excluding carboxylic acids is 2. The van der Waals surface area contributed by atoms with Crippen molar-refractivity contribution in [3.05, 3.63) is 0 Å². The Balaban J connectivity index is 1.91. The van der Waals surface area contributed by atoms with E-state index in [9.17, 15) is 9.59 Å². The van der Waals surface area contributed by atoms with E-state index in [1.54, 1.807) is 0 Å². The Labute approximate surface area is 102 Å². The van der Waals surface area contributed by atoms with Gasteiger partial charge in [-0.2, -0.15) is 0 Å². The third kappa shape index (κ3) is 2.77. The smallest absolute Gasteiger partial charge is 0.223 e. The fourth-order valence-corrected chi connectivity index (χ4v) is 2.54. The molecule has 2 unspecified atom stereocenters. The number of primary amides is 1. The predicted octanol–water partition coefficient (Wildman–Crippen LogP) is -0.292. The standard InChI is InChI=1S/C12H21N3O2/c1-8-2-3-10(12(13)17)7-15(8)11(16)4-9-5-14-6-9/h8-10,14H,2-7H2,1H3,(H2,13,17). The van der Waals surface area contributed by atoms with Crippen LogP contribution in [-0.4, -0.2) is 42.4 Å². The van der Waals surface area contributed by atoms with Crippen molar-refractivity contribution in [3.8, 4) is 0 Å². The van der Waals surface area contributed by atoms with Crippen LogP contribution in [0.3, 0.4) is 0 Å². The quantitative estimate of drug-likeness (QED) is 0.710. The average molecular weight is 239 g/mol. The number of carbonyl (C=O) groups is 2. The molecule has 0 aliphatic carbocycles. The normalized spacial score (nSPS) is 29.8. The van der Waals surface area contributed by atoms with Crippen LogP contribution >= 0.6 is 0 Å². The van der Waals surface area contributed by atoms with Crippen molar-refractivity contribution in [3.63, 3.8) is 0 Å². The zero-order chi connectivity index (χ0) is 12.4. The molecule has 0 aromatic carbocycles. The monoisotopic (exact) mass is 239 g/mol. The zero-order valence-electron chi connectivity index (χ0n) is 10.3. The van der Waals surface area contributed by atoms with Crippen LogP contribution in [-0.2, 0) is 9.59 Å². The molecule has 2 atom stereocenters. The summed E-state index contributed by atoms with van der Waals surface area (Å²) in [5.74, 6) is 0.216. The van der Waals surface area contributed by atoms with Gasteiger partial charge in [-0.3, -0.25) is 9.59 Å². The van der Waals surface area contributed by atoms with E-state index in [1.807, 2.05) is 11.8 Å². The van der Waals surface area contributed by atoms with Gasteiger partial charge in [0.15, 0.2) is 0 Å². The molecule has 0 bridgehead atoms. The van der Waals surface area contributed by atoms with Crippen LogP contribution in [0.5, 0.6) is 0 Å². The van der Waals surface area contributed by atoms with Gasteiger partial charge in [0.1, 0.15) is 0 Å². The molecular formula is C12H21N3O2. The molecule has 5 heteroatoms. The lowest BCUT2D eigenvalue weighted by molar-refractivity contribution is -0.138. The second-order valence-electron chi connectivity index (χ2n) is 5.30. The van der Waals surface area contributed by atoms with Crippen molar-refractivity contribution >= 4 is 11.8 Å². The van der Waals surface area contributed by atoms with Gasteiger partial charge in [0, 0.05) is 19.0 Å². The van der Waals surface area contributed by atoms with Crippen molar-refractivity contribution in [2.24, 2.45) is 17.6 Å². The second kappa shape index (κ2) is 5.04. The summed E-state index contributed by atoms with van der Waals surface area (Å²) in [6, 6.07) is 0.242. The molecule has 5 nitrogen and oxygen atoms in total. The highest BCUT2D eigenvalue weighted by molar-refractivity contribution is 5.80. The third-order valence-corrected chi connectivity index (χ3v) is 3.93. The maximum Gasteiger partial charge on any atom is 0.223 e. The van der Waals surface area contributed by atoms with E-state index in [2.05, 4.69) is 5.32 Å². The first-order chi connectivity index (χ1) is 8.08. The SMILES string of the molecule is CC1CCC(C(N)=O)CN1C(=O)CC1CNC1. The summed E-state index contributed by atoms with van der Waals surface area (Å²) in [4.78, 5) is 25.2. The highest BCUT2D eigenvalue weighted by atomic mass is 16.2. The summed E-state index contributed by atoms with van der Waals surface area (Å²) < 4.78 is 0. The second-order valence-corrected chi connectivity index (χ2v) is 5.30. The lowest BCUT2D eigenvalue weighted by Crippen LogP contribution is -2.51. The number of hydrogen-bond acceptors (Lipinski definition) is 3. The molecule has 0 radical (unpaired) electrons. The summed E-state index contributed by atoms with van der Waals surface area (Å²) in [5, 5.41) is 3.16. The van der Waals surface area contributed by atoms with Crippen molar-refractivity contribution in [2.45, 2.75) is 32.2 Å². The van der Waals surface area contributed by atoms with E-state index in [1.165, 1.54) is 0 Å². The molecule has 2 saturated heterocycles. The number of nitrogens with two attached hydrogens (primary N) is 1. The van der Waals surface area contributed by atoms with Crippen molar-refractivity contribution in [1.29, 1.82) is 0 Å². The molecule has 2 amide bonds. The van der Waals surface area contributed by atoms with Gasteiger partial charge in [-0.25, -0.2) is 0 Å². The molecule has 0 spiro atoms. The molecule has 0 saturated carbocycles. The Morgan fingerprint density at radius 1 is 1.35 bits per heavy atom. The molecule has 0 aromatic rings. The zero-order valence-corrected chi connectivity index (χ0v) is 10.3. The van der Waals surface area contributed by atoms with Crippen LogP contribution in [0.1, 0.15) is 26.2 Å². The lowest BCUT2D eigenvalue weighted by atomic mass is 9.91. The molecule has 2 heterocycles. The molecule has 17 heavy (non-hydrogen) atoms. The van der Waals surface area contributed by atoms with Crippen LogP contribution < -0.4 is 11.1 Å². The first-order valence-electron chi connectivity index (χ1n) is 6.37. The summed E-state index contributed by atoms with van der Waals surface area (Å²) in [5.41, 5.74) is 5.33. The van der Waals surface area contributed by atoms with Gasteiger partial charge in [0.05, 0.1) is 5.92 Å². The average Bonchev–Trinajstić information content (AvgIpc) is 2.23. The van der Waals surface area contributed by atoms with Crippen molar-refractivity contribution in [2.75, 3.05) is 19.6 Å². The molecule has 2 rings (SSSR count). The van der Waals surface area contributed by atoms with E-state index in [-0.39, 0.29) is 23.8 Å². The van der Waals surface area contributed by atoms with E-state index in [0.717, 1.165) is 25.9 Å². The molecule has 2 aliphatic heterocycles. The van der Waals surface area contributed by atoms with E-state index in [4.69, 9.17) is 5.73 Å². The van der Waals surface area contributed by atoms with Gasteiger partial charge < -0.3 is 16.0 Å². The van der Waals surface area contributed by atoms with E-state index in [0.29, 0.717) is 18.9 Å². The van der Waals surface area contributed by atoms with Gasteiger partial charge in [0.2, 0.25) is 11.8 Å². The number of nitrogens with one attached hydrogen (secondary N) is 1. The number of hydrogen-bond donors (Lipinski definition) is 2. The Bertz CT molecular complexity index is 315. The molecule has 0 aromatic heterocycles. The molecular weight excluding hydrogens is 218 g/mol. The molecule has 3 N–H and O–H groups in total. The minimum Gasteiger partial charge on any atom is -0.369 e. The van der Waals surface area contributed by atoms with Crippen molar-refractivity contribution in [1.82, 2.24) is 10.2 Å². The first-order valence-corrected chi connectivity index (χ1v) is 6.37. The number of amides is 2. The number of nitrogens with zero attached hydrogens (tertiary/aromatic N) is 1. The largest absolute Gasteiger partial charge is 0.369 e. The highest BCUT2D eigenvalue weighted by Gasteiger charge is 2.33. The van der Waals surface area contributed by atoms with E-state index >= 15 is 0 Å². The van der Waals surface area contributed by atoms with Crippen LogP contribution in [0, 0.1) is 11.8 Å². The fourth-order valence-electron chi connectivity index (χ4n) is 2.54. The molecule has 2 fully saturated rings. The summed E-state index contributed by atoms with van der Waals surface area (Å²) in [6.07, 6.45) is 2.29. The highest BCUT2D eigenvalue weighted by Crippen LogP contribution is 2.23. The lowest BCUT2D eigenvalue weighted by Gasteiger charge is -2.38. The van der Waals surface area contributed by atoms with Gasteiger partial charge >= 0.3 is 0 Å². The third-order valence-electron chi connectivity index (χ3n) is 3.93. The van der Waals surface area contributed by atoms with Crippen LogP contribution in [0.15, 0.2) is 0 Å². The Kier molecular flexibility index (Phi) is 3.66. The maximum atomic E-state index is 12.1. The summed E-state index contributed by atoms with van der Waals surface area (Å²) in [7, 11) is 0. The van der Waals surface area contributed by atoms with Gasteiger partial charge in [-0.15, -0.1) is 0 Å². The first kappa shape index (κ1) is 12.4. The summed E-state index contributed by atoms with van der Waals surface area (Å²) >= 11 is 0. The Morgan fingerprint density at radius 2 is 2.06 bits per heavy atom. The topological polar surface area (TPSA) is 75.4 Å². The van der Waals surface area contributed by atoms with Crippen molar-refractivity contribution < 1.29 is 9.59 Å². The van der Waals surface area contributed by atoms with E-state index < -0.39 is 0 Å². The van der Waals surface area contributed by atoms with Crippen LogP contribution in [0.4, 0.5) is 0 Å². The number of likely N-dealkylation sites (tertiary alicyclic amines) is 1. The molecule has 2 aliphatic rings. The Hall–Kier alpha value is -1.10. The Morgan fingerprint density at radius 3 is 2.59 bits per heavy atom. The fraction of sp³-hybridized carbons (Fsp3) is 0.833. The maximum absolute atomic E-state index is 12.1. The number of rotatable bonds is 3. The van der Waals surface area contributed by atoms with Gasteiger partial charge in [-0.05, 0) is 38.8 Å². The minimum atomic E-state index is -0.278. The molecule has 96 valence electrons. The van der Waals surface area contributed by atoms with Gasteiger partial charge in [0.25, 0.3) is 0 Å². The van der Waals surface area contributed by atoms with Crippen LogP contribution in [0.25, 0.3) is 0 Å². The van der Waals surface area contributed by atoms with Crippen LogP contribution in [0.2, 0.25) is 0 Å². The van der Waals surface area contributed by atoms with Gasteiger partial charge in [-0.1, -0.05) is 0 Å². The summed E-state index contributed by atoms with van der Waals surface area (Å²) in [6.45, 7) is 4.43. The minimum absolute atomic E-state index is 0.158. The predicted molar refractivity (Wildman–Crippen MR) is 64.1 cm³/mol. The number of piperidine rings is 1.